The van der Waals surface area contributed by atoms with E-state index in [0.29, 0.717) is 42.4 Å². The van der Waals surface area contributed by atoms with Gasteiger partial charge in [0.05, 0.1) is 6.61 Å². The van der Waals surface area contributed by atoms with E-state index in [1.807, 2.05) is 60.7 Å². The van der Waals surface area contributed by atoms with Gasteiger partial charge in [-0.1, -0.05) is 146 Å². The first-order valence-electron chi connectivity index (χ1n) is 21.0. The SMILES string of the molecule is CCCCCC1C2CC(OC(=O)C(OCOC(=O)CCCCCCCCC(=O)OCCC(C)(CC)CCC)(c3ccccc3)c3ccccc3)C23CC13. The van der Waals surface area contributed by atoms with Crippen molar-refractivity contribution in [2.75, 3.05) is 13.4 Å². The van der Waals surface area contributed by atoms with Crippen LogP contribution in [0.5, 0.6) is 0 Å². The fraction of sp³-hybridized carbons (Fsp3) is 0.674. The molecule has 3 saturated carbocycles. The van der Waals surface area contributed by atoms with Gasteiger partial charge in [0.25, 0.3) is 0 Å². The van der Waals surface area contributed by atoms with Gasteiger partial charge < -0.3 is 18.9 Å². The minimum atomic E-state index is -1.56. The van der Waals surface area contributed by atoms with Crippen LogP contribution in [0.1, 0.15) is 154 Å². The summed E-state index contributed by atoms with van der Waals surface area (Å²) >= 11 is 0. The fourth-order valence-electron chi connectivity index (χ4n) is 9.59. The molecule has 6 atom stereocenters. The summed E-state index contributed by atoms with van der Waals surface area (Å²) in [5.74, 6) is 1.27. The number of hydrogen-bond acceptors (Lipinski definition) is 7. The third kappa shape index (κ3) is 9.74. The fourth-order valence-corrected chi connectivity index (χ4v) is 9.59. The van der Waals surface area contributed by atoms with Gasteiger partial charge in [-0.25, -0.2) is 4.79 Å². The monoisotopic (exact) mass is 730 g/mol. The summed E-state index contributed by atoms with van der Waals surface area (Å²) in [6.45, 7) is 9.09. The molecule has 0 radical (unpaired) electrons. The van der Waals surface area contributed by atoms with E-state index in [-0.39, 0.29) is 42.1 Å². The molecule has 0 aliphatic heterocycles. The second-order valence-corrected chi connectivity index (χ2v) is 16.5. The molecule has 0 aromatic heterocycles. The summed E-state index contributed by atoms with van der Waals surface area (Å²) in [4.78, 5) is 39.4. The summed E-state index contributed by atoms with van der Waals surface area (Å²) in [5.41, 5.74) is 0.174. The van der Waals surface area contributed by atoms with Crippen molar-refractivity contribution in [3.05, 3.63) is 71.8 Å². The number of carbonyl (C=O) groups excluding carboxylic acids is 3. The van der Waals surface area contributed by atoms with E-state index in [9.17, 15) is 14.4 Å². The molecule has 0 saturated heterocycles. The molecule has 3 aliphatic carbocycles. The highest BCUT2D eigenvalue weighted by Gasteiger charge is 2.82. The van der Waals surface area contributed by atoms with Crippen LogP contribution in [-0.4, -0.2) is 37.4 Å². The van der Waals surface area contributed by atoms with Crippen molar-refractivity contribution in [3.8, 4) is 0 Å². The highest BCUT2D eigenvalue weighted by molar-refractivity contribution is 5.86. The summed E-state index contributed by atoms with van der Waals surface area (Å²) in [6, 6.07) is 18.9. The largest absolute Gasteiger partial charge is 0.466 e. The molecule has 7 nitrogen and oxygen atoms in total. The summed E-state index contributed by atoms with van der Waals surface area (Å²) in [7, 11) is 0. The molecule has 6 unspecified atom stereocenters. The number of hydrogen-bond donors (Lipinski definition) is 0. The molecule has 0 bridgehead atoms. The van der Waals surface area contributed by atoms with Crippen LogP contribution in [0.4, 0.5) is 0 Å². The van der Waals surface area contributed by atoms with Gasteiger partial charge >= 0.3 is 17.9 Å². The van der Waals surface area contributed by atoms with Crippen molar-refractivity contribution in [2.45, 2.75) is 155 Å². The lowest BCUT2D eigenvalue weighted by molar-refractivity contribution is -0.220. The average molecular weight is 731 g/mol. The molecule has 2 aromatic rings. The van der Waals surface area contributed by atoms with Gasteiger partial charge in [-0.15, -0.1) is 0 Å². The normalized spacial score (nSPS) is 23.7. The van der Waals surface area contributed by atoms with Crippen LogP contribution in [-0.2, 0) is 38.9 Å². The van der Waals surface area contributed by atoms with Crippen LogP contribution in [0.3, 0.4) is 0 Å². The molecule has 53 heavy (non-hydrogen) atoms. The quantitative estimate of drug-likeness (QED) is 0.0412. The summed E-state index contributed by atoms with van der Waals surface area (Å²) in [5, 5.41) is 0. The van der Waals surface area contributed by atoms with Crippen molar-refractivity contribution in [2.24, 2.45) is 28.6 Å². The van der Waals surface area contributed by atoms with Gasteiger partial charge in [-0.3, -0.25) is 9.59 Å². The Morgan fingerprint density at radius 3 is 1.89 bits per heavy atom. The number of unbranched alkanes of at least 4 members (excludes halogenated alkanes) is 7. The lowest BCUT2D eigenvalue weighted by Crippen LogP contribution is -2.59. The standard InChI is InChI=1S/C46H66O7/c1-5-8-15-26-37-38-32-40(45(38)33-39(37)45)53-43(49)46(35-22-16-13-17-23-35,36-24-18-14-19-25-36)52-34-51-42(48)28-21-12-10-9-11-20-27-41(47)50-31-30-44(4,7-3)29-6-2/h13-14,16-19,22-25,37-40H,5-12,15,20-21,26-34H2,1-4H3. The highest BCUT2D eigenvalue weighted by Crippen LogP contribution is 2.84. The lowest BCUT2D eigenvalue weighted by Gasteiger charge is -2.58. The van der Waals surface area contributed by atoms with Gasteiger partial charge in [-0.2, -0.15) is 0 Å². The predicted octanol–water partition coefficient (Wildman–Crippen LogP) is 10.9. The van der Waals surface area contributed by atoms with Gasteiger partial charge in [0.1, 0.15) is 6.10 Å². The maximum atomic E-state index is 14.4. The van der Waals surface area contributed by atoms with Crippen LogP contribution in [0.25, 0.3) is 0 Å². The Kier molecular flexibility index (Phi) is 15.0. The van der Waals surface area contributed by atoms with Gasteiger partial charge in [0.15, 0.2) is 6.79 Å². The number of rotatable bonds is 26. The molecule has 7 heteroatoms. The van der Waals surface area contributed by atoms with Crippen LogP contribution < -0.4 is 0 Å². The van der Waals surface area contributed by atoms with Crippen molar-refractivity contribution >= 4 is 17.9 Å². The Morgan fingerprint density at radius 2 is 1.32 bits per heavy atom. The Balaban J connectivity index is 1.05. The highest BCUT2D eigenvalue weighted by atomic mass is 16.7. The Morgan fingerprint density at radius 1 is 0.717 bits per heavy atom. The van der Waals surface area contributed by atoms with Crippen molar-refractivity contribution in [3.63, 3.8) is 0 Å². The lowest BCUT2D eigenvalue weighted by atomic mass is 9.50. The number of esters is 3. The molecular weight excluding hydrogens is 664 g/mol. The molecule has 5 rings (SSSR count). The smallest absolute Gasteiger partial charge is 0.348 e. The molecule has 3 aliphatic rings. The van der Waals surface area contributed by atoms with E-state index < -0.39 is 11.6 Å². The number of benzene rings is 2. The van der Waals surface area contributed by atoms with E-state index in [1.165, 1.54) is 32.1 Å². The number of carbonyl (C=O) groups is 3. The molecule has 0 amide bonds. The predicted molar refractivity (Wildman–Crippen MR) is 208 cm³/mol. The maximum absolute atomic E-state index is 14.4. The average Bonchev–Trinajstić information content (AvgIpc) is 3.91. The van der Waals surface area contributed by atoms with E-state index >= 15 is 0 Å². The Labute approximate surface area is 319 Å². The second kappa shape index (κ2) is 19.4. The van der Waals surface area contributed by atoms with E-state index in [1.54, 1.807) is 0 Å². The topological polar surface area (TPSA) is 88.1 Å². The first kappa shape index (κ1) is 41.0. The third-order valence-electron chi connectivity index (χ3n) is 13.1. The summed E-state index contributed by atoms with van der Waals surface area (Å²) < 4.78 is 23.9. The maximum Gasteiger partial charge on any atom is 0.348 e. The molecule has 0 N–H and O–H groups in total. The molecule has 3 fully saturated rings. The van der Waals surface area contributed by atoms with E-state index in [2.05, 4.69) is 27.7 Å². The molecule has 2 aromatic carbocycles. The van der Waals surface area contributed by atoms with Crippen molar-refractivity contribution < 1.29 is 33.3 Å². The summed E-state index contributed by atoms with van der Waals surface area (Å²) in [6.07, 6.45) is 17.6. The van der Waals surface area contributed by atoms with E-state index in [0.717, 1.165) is 70.1 Å². The second-order valence-electron chi connectivity index (χ2n) is 16.5. The minimum Gasteiger partial charge on any atom is -0.466 e. The van der Waals surface area contributed by atoms with Crippen molar-refractivity contribution in [1.82, 2.24) is 0 Å². The van der Waals surface area contributed by atoms with Crippen molar-refractivity contribution in [1.29, 1.82) is 0 Å². The first-order valence-corrected chi connectivity index (χ1v) is 21.0. The first-order chi connectivity index (χ1) is 25.7. The zero-order valence-corrected chi connectivity index (χ0v) is 33.1. The number of ether oxygens (including phenoxy) is 4. The van der Waals surface area contributed by atoms with Crippen LogP contribution in [0, 0.1) is 28.6 Å². The molecule has 0 heterocycles. The van der Waals surface area contributed by atoms with Gasteiger partial charge in [0, 0.05) is 18.3 Å². The zero-order valence-electron chi connectivity index (χ0n) is 33.1. The van der Waals surface area contributed by atoms with Gasteiger partial charge in [-0.05, 0) is 79.2 Å². The minimum absolute atomic E-state index is 0.0862. The van der Waals surface area contributed by atoms with Crippen LogP contribution >= 0.6 is 0 Å². The molecular formula is C46H66O7. The Hall–Kier alpha value is -3.19. The zero-order chi connectivity index (χ0) is 37.7. The third-order valence-corrected chi connectivity index (χ3v) is 13.1. The van der Waals surface area contributed by atoms with Crippen LogP contribution in [0.15, 0.2) is 60.7 Å². The molecule has 1 spiro atoms. The van der Waals surface area contributed by atoms with E-state index in [4.69, 9.17) is 18.9 Å². The Bertz CT molecular complexity index is 1400. The van der Waals surface area contributed by atoms with Gasteiger partial charge in [0.2, 0.25) is 5.60 Å². The molecule has 292 valence electrons. The van der Waals surface area contributed by atoms with Crippen LogP contribution in [0.2, 0.25) is 0 Å².